The molecular formula is C20H32F3N3O2S. The molecule has 0 amide bonds. The second-order valence-corrected chi connectivity index (χ2v) is 10.1. The molecule has 5 nitrogen and oxygen atoms in total. The lowest BCUT2D eigenvalue weighted by molar-refractivity contribution is -0.137. The fourth-order valence-corrected chi connectivity index (χ4v) is 4.98. The van der Waals surface area contributed by atoms with E-state index in [-0.39, 0.29) is 6.04 Å². The van der Waals surface area contributed by atoms with Gasteiger partial charge in [0.15, 0.2) is 0 Å². The summed E-state index contributed by atoms with van der Waals surface area (Å²) in [6, 6.07) is 5.63. The quantitative estimate of drug-likeness (QED) is 0.628. The predicted molar refractivity (Wildman–Crippen MR) is 109 cm³/mol. The number of benzene rings is 1. The van der Waals surface area contributed by atoms with Crippen molar-refractivity contribution < 1.29 is 21.6 Å². The molecule has 1 heterocycles. The van der Waals surface area contributed by atoms with Gasteiger partial charge >= 0.3 is 6.18 Å². The second kappa shape index (κ2) is 9.76. The van der Waals surface area contributed by atoms with Crippen LogP contribution in [0.3, 0.4) is 0 Å². The summed E-state index contributed by atoms with van der Waals surface area (Å²) in [4.78, 5) is 2.28. The van der Waals surface area contributed by atoms with Gasteiger partial charge in [-0.3, -0.25) is 0 Å². The molecule has 1 aliphatic rings. The lowest BCUT2D eigenvalue weighted by Crippen LogP contribution is -2.47. The second-order valence-electron chi connectivity index (χ2n) is 7.97. The summed E-state index contributed by atoms with van der Waals surface area (Å²) in [7, 11) is -0.295. The molecule has 9 heteroatoms. The van der Waals surface area contributed by atoms with Crippen LogP contribution in [-0.2, 0) is 22.8 Å². The highest BCUT2D eigenvalue weighted by atomic mass is 32.2. The summed E-state index contributed by atoms with van der Waals surface area (Å²) in [6.45, 7) is 6.72. The Kier molecular flexibility index (Phi) is 8.12. The molecule has 2 rings (SSSR count). The minimum atomic E-state index is -4.33. The monoisotopic (exact) mass is 435 g/mol. The molecule has 0 spiro atoms. The Hall–Kier alpha value is -1.16. The number of hydrogen-bond donors (Lipinski definition) is 0. The molecule has 0 radical (unpaired) electrons. The average molecular weight is 436 g/mol. The van der Waals surface area contributed by atoms with E-state index in [9.17, 15) is 21.6 Å². The van der Waals surface area contributed by atoms with Crippen molar-refractivity contribution in [2.75, 3.05) is 40.3 Å². The lowest BCUT2D eigenvalue weighted by Gasteiger charge is -2.37. The smallest absolute Gasteiger partial charge is 0.300 e. The first-order valence-corrected chi connectivity index (χ1v) is 11.4. The third-order valence-corrected chi connectivity index (χ3v) is 7.61. The van der Waals surface area contributed by atoms with Crippen LogP contribution in [0.4, 0.5) is 13.2 Å². The minimum Gasteiger partial charge on any atom is -0.300 e. The Balaban J connectivity index is 1.94. The third kappa shape index (κ3) is 6.41. The van der Waals surface area contributed by atoms with Gasteiger partial charge in [-0.1, -0.05) is 25.1 Å². The van der Waals surface area contributed by atoms with Crippen molar-refractivity contribution in [3.63, 3.8) is 0 Å². The maximum absolute atomic E-state index is 12.9. The third-order valence-electron chi connectivity index (χ3n) is 5.67. The van der Waals surface area contributed by atoms with Crippen LogP contribution >= 0.6 is 0 Å². The molecule has 0 aromatic heterocycles. The Bertz CT molecular complexity index is 760. The molecule has 1 aliphatic heterocycles. The van der Waals surface area contributed by atoms with Gasteiger partial charge in [0.05, 0.1) is 5.56 Å². The fraction of sp³-hybridized carbons (Fsp3) is 0.700. The summed E-state index contributed by atoms with van der Waals surface area (Å²) in [5.41, 5.74) is 0.0670. The zero-order valence-corrected chi connectivity index (χ0v) is 18.4. The zero-order chi connectivity index (χ0) is 21.8. The van der Waals surface area contributed by atoms with Crippen LogP contribution in [0.25, 0.3) is 0 Å². The van der Waals surface area contributed by atoms with Crippen molar-refractivity contribution in [2.45, 2.75) is 45.3 Å². The topological polar surface area (TPSA) is 43.9 Å². The molecule has 166 valence electrons. The van der Waals surface area contributed by atoms with E-state index < -0.39 is 21.9 Å². The number of rotatable bonds is 8. The van der Waals surface area contributed by atoms with Crippen LogP contribution in [0.5, 0.6) is 0 Å². The predicted octanol–water partition coefficient (Wildman–Crippen LogP) is 3.48. The molecule has 29 heavy (non-hydrogen) atoms. The van der Waals surface area contributed by atoms with Gasteiger partial charge in [-0.15, -0.1) is 0 Å². The minimum absolute atomic E-state index is 0.104. The van der Waals surface area contributed by atoms with Gasteiger partial charge in [-0.2, -0.15) is 30.2 Å². The number of halogens is 3. The van der Waals surface area contributed by atoms with Crippen LogP contribution in [-0.4, -0.2) is 68.2 Å². The molecule has 1 aromatic rings. The van der Waals surface area contributed by atoms with Crippen LogP contribution in [0, 0.1) is 5.92 Å². The van der Waals surface area contributed by atoms with E-state index in [1.807, 2.05) is 13.8 Å². The van der Waals surface area contributed by atoms with Gasteiger partial charge in [0.2, 0.25) is 0 Å². The summed E-state index contributed by atoms with van der Waals surface area (Å²) < 4.78 is 66.1. The fourth-order valence-electron chi connectivity index (χ4n) is 3.85. The van der Waals surface area contributed by atoms with Crippen molar-refractivity contribution in [1.82, 2.24) is 13.5 Å². The number of piperidine rings is 1. The molecule has 0 N–H and O–H groups in total. The van der Waals surface area contributed by atoms with E-state index in [0.29, 0.717) is 31.0 Å². The van der Waals surface area contributed by atoms with E-state index in [0.717, 1.165) is 32.0 Å². The molecule has 1 unspecified atom stereocenters. The number of likely N-dealkylation sites (N-methyl/N-ethyl adjacent to an activating group) is 1. The van der Waals surface area contributed by atoms with Gasteiger partial charge in [0.25, 0.3) is 10.2 Å². The summed E-state index contributed by atoms with van der Waals surface area (Å²) in [5, 5.41) is 0. The van der Waals surface area contributed by atoms with E-state index in [1.165, 1.54) is 34.8 Å². The van der Waals surface area contributed by atoms with Crippen LogP contribution < -0.4 is 0 Å². The molecule has 1 aromatic carbocycles. The first kappa shape index (κ1) is 24.1. The molecular weight excluding hydrogens is 403 g/mol. The molecule has 1 atom stereocenters. The summed E-state index contributed by atoms with van der Waals surface area (Å²) >= 11 is 0. The van der Waals surface area contributed by atoms with Gasteiger partial charge < -0.3 is 4.90 Å². The highest BCUT2D eigenvalue weighted by Crippen LogP contribution is 2.30. The molecule has 1 fully saturated rings. The van der Waals surface area contributed by atoms with Gasteiger partial charge in [-0.25, -0.2) is 0 Å². The maximum Gasteiger partial charge on any atom is 0.416 e. The molecule has 0 bridgehead atoms. The number of nitrogens with zero attached hydrogens (tertiary/aromatic N) is 3. The Morgan fingerprint density at radius 2 is 1.83 bits per heavy atom. The largest absolute Gasteiger partial charge is 0.416 e. The number of alkyl halides is 3. The zero-order valence-electron chi connectivity index (χ0n) is 17.6. The van der Waals surface area contributed by atoms with Crippen LogP contribution in [0.1, 0.15) is 37.8 Å². The van der Waals surface area contributed by atoms with Crippen LogP contribution in [0.15, 0.2) is 24.3 Å². The van der Waals surface area contributed by atoms with E-state index in [2.05, 4.69) is 4.90 Å². The van der Waals surface area contributed by atoms with E-state index in [1.54, 1.807) is 6.07 Å². The van der Waals surface area contributed by atoms with Gasteiger partial charge in [0.1, 0.15) is 0 Å². The Labute approximate surface area is 172 Å². The van der Waals surface area contributed by atoms with Crippen LogP contribution in [0.2, 0.25) is 0 Å². The van der Waals surface area contributed by atoms with Gasteiger partial charge in [-0.05, 0) is 50.3 Å². The Morgan fingerprint density at radius 1 is 1.21 bits per heavy atom. The SMILES string of the molecule is CCN(CC1CCN(S(=O)(=O)N(C)C)CC1)C(C)Cc1cccc(C(F)(F)F)c1. The van der Waals surface area contributed by atoms with Crippen molar-refractivity contribution in [2.24, 2.45) is 5.92 Å². The van der Waals surface area contributed by atoms with Gasteiger partial charge in [0, 0.05) is 39.8 Å². The molecule has 0 aliphatic carbocycles. The normalized spacial score (nSPS) is 18.5. The number of hydrogen-bond acceptors (Lipinski definition) is 3. The lowest BCUT2D eigenvalue weighted by atomic mass is 9.96. The molecule has 1 saturated heterocycles. The van der Waals surface area contributed by atoms with Crippen molar-refractivity contribution >= 4 is 10.2 Å². The molecule has 0 saturated carbocycles. The van der Waals surface area contributed by atoms with E-state index >= 15 is 0 Å². The van der Waals surface area contributed by atoms with Crippen molar-refractivity contribution in [3.05, 3.63) is 35.4 Å². The highest BCUT2D eigenvalue weighted by Gasteiger charge is 2.32. The Morgan fingerprint density at radius 3 is 2.34 bits per heavy atom. The summed E-state index contributed by atoms with van der Waals surface area (Å²) in [6.07, 6.45) is -2.20. The average Bonchev–Trinajstić information content (AvgIpc) is 2.65. The standard InChI is InChI=1S/C20H32F3N3O2S/c1-5-25(15-17-9-11-26(12-10-17)29(27,28)24(3)4)16(2)13-18-7-6-8-19(14-18)20(21,22)23/h6-8,14,16-17H,5,9-13,15H2,1-4H3. The van der Waals surface area contributed by atoms with Crippen molar-refractivity contribution in [3.8, 4) is 0 Å². The maximum atomic E-state index is 12.9. The summed E-state index contributed by atoms with van der Waals surface area (Å²) in [5.74, 6) is 0.382. The first-order chi connectivity index (χ1) is 13.4. The van der Waals surface area contributed by atoms with E-state index in [4.69, 9.17) is 0 Å². The van der Waals surface area contributed by atoms with Crippen molar-refractivity contribution in [1.29, 1.82) is 0 Å². The highest BCUT2D eigenvalue weighted by molar-refractivity contribution is 7.86. The first-order valence-electron chi connectivity index (χ1n) is 10.0.